The first-order valence-electron chi connectivity index (χ1n) is 4.46. The molecule has 2 aromatic rings. The van der Waals surface area contributed by atoms with Crippen molar-refractivity contribution in [2.75, 3.05) is 12.8 Å². The summed E-state index contributed by atoms with van der Waals surface area (Å²) in [6.07, 6.45) is 1.60. The second-order valence-corrected chi connectivity index (χ2v) is 3.88. The number of hydrogen-bond donors (Lipinski definition) is 2. The number of ether oxygens (including phenoxy) is 1. The van der Waals surface area contributed by atoms with Gasteiger partial charge in [0.1, 0.15) is 10.8 Å². The number of aromatic nitrogens is 2. The lowest BCUT2D eigenvalue weighted by Gasteiger charge is -2.07. The molecule has 1 aromatic heterocycles. The van der Waals surface area contributed by atoms with Crippen LogP contribution in [0, 0.1) is 0 Å². The Balaban J connectivity index is 2.55. The molecule has 0 spiro atoms. The maximum Gasteiger partial charge on any atom is 0.197 e. The number of methoxy groups -OCH3 is 1. The lowest BCUT2D eigenvalue weighted by molar-refractivity contribution is 0.415. The number of nitrogens with zero attached hydrogens (tertiary/aromatic N) is 1. The van der Waals surface area contributed by atoms with E-state index in [2.05, 4.69) is 9.97 Å². The highest BCUT2D eigenvalue weighted by molar-refractivity contribution is 6.44. The standard InChI is InChI=1S/C10H9Cl2N3O/c1-16-7-3-2-5(8(11)9(7)12)6-4-14-10(13)15-6/h2-4H,1H3,(H3,13,14,15). The third-order valence-corrected chi connectivity index (χ3v) is 3.02. The van der Waals surface area contributed by atoms with Gasteiger partial charge in [-0.3, -0.25) is 0 Å². The molecule has 4 nitrogen and oxygen atoms in total. The molecule has 0 saturated carbocycles. The lowest BCUT2D eigenvalue weighted by atomic mass is 10.1. The van der Waals surface area contributed by atoms with Gasteiger partial charge < -0.3 is 15.5 Å². The van der Waals surface area contributed by atoms with E-state index in [1.54, 1.807) is 18.3 Å². The zero-order valence-electron chi connectivity index (χ0n) is 8.42. The van der Waals surface area contributed by atoms with E-state index in [9.17, 15) is 0 Å². The summed E-state index contributed by atoms with van der Waals surface area (Å²) in [5.41, 5.74) is 6.94. The predicted octanol–water partition coefficient (Wildman–Crippen LogP) is 2.97. The summed E-state index contributed by atoms with van der Waals surface area (Å²) in [5.74, 6) is 0.862. The molecule has 0 aliphatic rings. The zero-order chi connectivity index (χ0) is 11.7. The molecule has 0 amide bonds. The number of benzene rings is 1. The molecule has 0 saturated heterocycles. The van der Waals surface area contributed by atoms with Crippen molar-refractivity contribution in [2.24, 2.45) is 0 Å². The second-order valence-electron chi connectivity index (χ2n) is 3.13. The summed E-state index contributed by atoms with van der Waals surface area (Å²) in [7, 11) is 1.53. The van der Waals surface area contributed by atoms with E-state index in [0.29, 0.717) is 27.4 Å². The van der Waals surface area contributed by atoms with Crippen LogP contribution in [0.15, 0.2) is 18.3 Å². The van der Waals surface area contributed by atoms with E-state index >= 15 is 0 Å². The predicted molar refractivity (Wildman–Crippen MR) is 65.0 cm³/mol. The average molecular weight is 258 g/mol. The fourth-order valence-electron chi connectivity index (χ4n) is 1.37. The molecule has 0 radical (unpaired) electrons. The monoisotopic (exact) mass is 257 g/mol. The number of H-pyrrole nitrogens is 1. The lowest BCUT2D eigenvalue weighted by Crippen LogP contribution is -1.88. The zero-order valence-corrected chi connectivity index (χ0v) is 9.93. The fourth-order valence-corrected chi connectivity index (χ4v) is 1.87. The summed E-state index contributed by atoms with van der Waals surface area (Å²) in [4.78, 5) is 6.78. The number of nitrogen functional groups attached to an aromatic ring is 1. The van der Waals surface area contributed by atoms with Crippen LogP contribution in [0.1, 0.15) is 0 Å². The first-order chi connectivity index (χ1) is 7.63. The molecule has 0 aliphatic heterocycles. The minimum atomic E-state index is 0.331. The Morgan fingerprint density at radius 1 is 1.31 bits per heavy atom. The third-order valence-electron chi connectivity index (χ3n) is 2.15. The smallest absolute Gasteiger partial charge is 0.197 e. The molecule has 1 aromatic carbocycles. The maximum absolute atomic E-state index is 6.12. The molecule has 0 fully saturated rings. The quantitative estimate of drug-likeness (QED) is 0.870. The summed E-state index contributed by atoms with van der Waals surface area (Å²) >= 11 is 12.2. The molecule has 0 atom stereocenters. The molecule has 3 N–H and O–H groups in total. The molecule has 6 heteroatoms. The van der Waals surface area contributed by atoms with Gasteiger partial charge in [-0.25, -0.2) is 4.98 Å². The second kappa shape index (κ2) is 4.23. The summed E-state index contributed by atoms with van der Waals surface area (Å²) in [6.45, 7) is 0. The van der Waals surface area contributed by atoms with Gasteiger partial charge in [0.25, 0.3) is 0 Å². The van der Waals surface area contributed by atoms with Crippen LogP contribution in [-0.2, 0) is 0 Å². The molecule has 2 rings (SSSR count). The molecular weight excluding hydrogens is 249 g/mol. The summed E-state index contributed by atoms with van der Waals surface area (Å²) in [5, 5.41) is 0.777. The van der Waals surface area contributed by atoms with Crippen LogP contribution in [0.5, 0.6) is 5.75 Å². The number of nitrogens with one attached hydrogen (secondary N) is 1. The van der Waals surface area contributed by atoms with Crippen LogP contribution in [0.2, 0.25) is 10.0 Å². The molecule has 1 heterocycles. The van der Waals surface area contributed by atoms with Crippen molar-refractivity contribution in [1.82, 2.24) is 9.97 Å². The third kappa shape index (κ3) is 1.81. The van der Waals surface area contributed by atoms with Gasteiger partial charge in [-0.15, -0.1) is 0 Å². The van der Waals surface area contributed by atoms with Crippen LogP contribution < -0.4 is 10.5 Å². The van der Waals surface area contributed by atoms with E-state index < -0.39 is 0 Å². The Morgan fingerprint density at radius 2 is 2.06 bits per heavy atom. The van der Waals surface area contributed by atoms with Crippen LogP contribution in [0.4, 0.5) is 5.95 Å². The van der Waals surface area contributed by atoms with Crippen LogP contribution in [-0.4, -0.2) is 17.1 Å². The Bertz CT molecular complexity index is 525. The minimum Gasteiger partial charge on any atom is -0.495 e. The van der Waals surface area contributed by atoms with Crippen molar-refractivity contribution in [2.45, 2.75) is 0 Å². The van der Waals surface area contributed by atoms with Crippen LogP contribution in [0.3, 0.4) is 0 Å². The number of imidazole rings is 1. The number of nitrogens with two attached hydrogens (primary N) is 1. The Labute approximate surface area is 102 Å². The van der Waals surface area contributed by atoms with Crippen LogP contribution >= 0.6 is 23.2 Å². The number of rotatable bonds is 2. The average Bonchev–Trinajstić information content (AvgIpc) is 2.69. The van der Waals surface area contributed by atoms with Crippen molar-refractivity contribution in [3.05, 3.63) is 28.4 Å². The largest absolute Gasteiger partial charge is 0.495 e. The topological polar surface area (TPSA) is 63.9 Å². The molecule has 0 unspecified atom stereocenters. The van der Waals surface area contributed by atoms with E-state index in [4.69, 9.17) is 33.7 Å². The normalized spacial score (nSPS) is 10.4. The van der Waals surface area contributed by atoms with Gasteiger partial charge in [-0.05, 0) is 12.1 Å². The molecule has 84 valence electrons. The van der Waals surface area contributed by atoms with Crippen molar-refractivity contribution >= 4 is 29.2 Å². The first-order valence-corrected chi connectivity index (χ1v) is 5.22. The van der Waals surface area contributed by atoms with E-state index in [-0.39, 0.29) is 0 Å². The highest BCUT2D eigenvalue weighted by atomic mass is 35.5. The van der Waals surface area contributed by atoms with Gasteiger partial charge in [0.2, 0.25) is 0 Å². The van der Waals surface area contributed by atoms with Gasteiger partial charge in [0.15, 0.2) is 5.95 Å². The maximum atomic E-state index is 6.12. The van der Waals surface area contributed by atoms with E-state index in [0.717, 1.165) is 5.56 Å². The van der Waals surface area contributed by atoms with E-state index in [1.807, 2.05) is 0 Å². The van der Waals surface area contributed by atoms with Gasteiger partial charge in [-0.1, -0.05) is 23.2 Å². The Kier molecular flexibility index (Phi) is 2.94. The van der Waals surface area contributed by atoms with Crippen LogP contribution in [0.25, 0.3) is 11.3 Å². The number of hydrogen-bond acceptors (Lipinski definition) is 3. The minimum absolute atomic E-state index is 0.331. The summed E-state index contributed by atoms with van der Waals surface area (Å²) in [6, 6.07) is 3.53. The molecule has 0 aliphatic carbocycles. The van der Waals surface area contributed by atoms with Gasteiger partial charge in [-0.2, -0.15) is 0 Å². The van der Waals surface area contributed by atoms with Gasteiger partial charge in [0, 0.05) is 5.56 Å². The summed E-state index contributed by atoms with van der Waals surface area (Å²) < 4.78 is 5.05. The highest BCUT2D eigenvalue weighted by Crippen LogP contribution is 2.38. The van der Waals surface area contributed by atoms with Crippen molar-refractivity contribution < 1.29 is 4.74 Å². The first kappa shape index (κ1) is 11.1. The number of halogens is 2. The molecule has 0 bridgehead atoms. The van der Waals surface area contributed by atoms with Gasteiger partial charge in [0.05, 0.1) is 24.0 Å². The molecule has 16 heavy (non-hydrogen) atoms. The van der Waals surface area contributed by atoms with E-state index in [1.165, 1.54) is 7.11 Å². The molecular formula is C10H9Cl2N3O. The highest BCUT2D eigenvalue weighted by Gasteiger charge is 2.13. The number of anilines is 1. The van der Waals surface area contributed by atoms with Crippen molar-refractivity contribution in [3.63, 3.8) is 0 Å². The fraction of sp³-hybridized carbons (Fsp3) is 0.100. The SMILES string of the molecule is COc1ccc(-c2cnc(N)[nH]2)c(Cl)c1Cl. The number of aromatic amines is 1. The Morgan fingerprint density at radius 3 is 2.62 bits per heavy atom. The van der Waals surface area contributed by atoms with Gasteiger partial charge >= 0.3 is 0 Å². The van der Waals surface area contributed by atoms with Crippen molar-refractivity contribution in [3.8, 4) is 17.0 Å². The van der Waals surface area contributed by atoms with Crippen molar-refractivity contribution in [1.29, 1.82) is 0 Å². The Hall–Kier alpha value is -1.39.